The van der Waals surface area contributed by atoms with Gasteiger partial charge in [0, 0.05) is 25.7 Å². The van der Waals surface area contributed by atoms with Gasteiger partial charge >= 0.3 is 0 Å². The zero-order valence-corrected chi connectivity index (χ0v) is 20.4. The lowest BCUT2D eigenvalue weighted by molar-refractivity contribution is -0.0299. The quantitative estimate of drug-likeness (QED) is 0.449. The van der Waals surface area contributed by atoms with E-state index in [2.05, 4.69) is 10.1 Å². The molecular formula is C27H29N5O4. The van der Waals surface area contributed by atoms with Gasteiger partial charge in [-0.1, -0.05) is 30.3 Å². The van der Waals surface area contributed by atoms with Gasteiger partial charge in [0.05, 0.1) is 18.3 Å². The Morgan fingerprint density at radius 2 is 1.81 bits per heavy atom. The average molecular weight is 488 g/mol. The topological polar surface area (TPSA) is 102 Å². The monoisotopic (exact) mass is 487 g/mol. The number of aliphatic hydroxyl groups is 1. The van der Waals surface area contributed by atoms with Gasteiger partial charge in [0.25, 0.3) is 11.5 Å². The highest BCUT2D eigenvalue weighted by Gasteiger charge is 2.35. The van der Waals surface area contributed by atoms with Crippen LogP contribution in [0.15, 0.2) is 71.9 Å². The van der Waals surface area contributed by atoms with Gasteiger partial charge in [-0.15, -0.1) is 0 Å². The largest absolute Gasteiger partial charge is 0.486 e. The van der Waals surface area contributed by atoms with Crippen LogP contribution in [-0.4, -0.2) is 53.9 Å². The second-order valence-corrected chi connectivity index (χ2v) is 9.39. The number of rotatable bonds is 6. The molecule has 1 aliphatic heterocycles. The molecule has 2 aromatic heterocycles. The smallest absolute Gasteiger partial charge is 0.264 e. The lowest BCUT2D eigenvalue weighted by Gasteiger charge is -2.38. The van der Waals surface area contributed by atoms with Crippen molar-refractivity contribution in [3.8, 4) is 5.75 Å². The predicted molar refractivity (Wildman–Crippen MR) is 135 cm³/mol. The second kappa shape index (κ2) is 9.58. The highest BCUT2D eigenvalue weighted by molar-refractivity contribution is 5.94. The molecule has 9 nitrogen and oxygen atoms in total. The van der Waals surface area contributed by atoms with E-state index in [9.17, 15) is 14.7 Å². The van der Waals surface area contributed by atoms with E-state index in [1.807, 2.05) is 61.5 Å². The molecule has 5 rings (SSSR count). The number of para-hydroxylation sites is 1. The molecule has 1 unspecified atom stereocenters. The third-order valence-electron chi connectivity index (χ3n) is 6.85. The number of hydrogen-bond donors (Lipinski definition) is 1. The van der Waals surface area contributed by atoms with Crippen molar-refractivity contribution >= 4 is 16.9 Å². The van der Waals surface area contributed by atoms with Gasteiger partial charge in [-0.2, -0.15) is 5.10 Å². The zero-order valence-electron chi connectivity index (χ0n) is 20.4. The number of likely N-dealkylation sites (tertiary alicyclic amines) is 1. The fourth-order valence-corrected chi connectivity index (χ4v) is 4.63. The van der Waals surface area contributed by atoms with Crippen LogP contribution in [0.25, 0.3) is 11.0 Å². The first-order chi connectivity index (χ1) is 17.3. The number of carbonyl (C=O) groups is 1. The summed E-state index contributed by atoms with van der Waals surface area (Å²) in [5.74, 6) is 0.722. The molecule has 1 amide bonds. The van der Waals surface area contributed by atoms with Crippen LogP contribution < -0.4 is 10.3 Å². The number of ether oxygens (including phenoxy) is 1. The molecular weight excluding hydrogens is 458 g/mol. The first-order valence-electron chi connectivity index (χ1n) is 12.0. The van der Waals surface area contributed by atoms with E-state index in [-0.39, 0.29) is 24.1 Å². The van der Waals surface area contributed by atoms with Crippen molar-refractivity contribution in [1.29, 1.82) is 0 Å². The maximum absolute atomic E-state index is 13.1. The summed E-state index contributed by atoms with van der Waals surface area (Å²) in [4.78, 5) is 31.9. The molecule has 0 bridgehead atoms. The number of fused-ring (bicyclic) bond motifs is 1. The molecule has 0 aliphatic carbocycles. The van der Waals surface area contributed by atoms with Crippen LogP contribution in [0.5, 0.6) is 5.75 Å². The summed E-state index contributed by atoms with van der Waals surface area (Å²) in [6.07, 6.45) is 3.54. The Hall–Kier alpha value is -3.98. The minimum absolute atomic E-state index is 0.0733. The highest BCUT2D eigenvalue weighted by atomic mass is 16.5. The Balaban J connectivity index is 1.20. The molecule has 1 saturated heterocycles. The standard InChI is InChI=1S/C27H29N5O4/c1-19(36-22-6-4-3-5-7-22)20-8-10-21(11-9-20)25(33)31-14-12-27(35,13-15-31)17-32-18-28-24-23(26(32)34)16-29-30(24)2/h3-11,16,18-19,35H,12-15,17H2,1-2H3. The maximum Gasteiger partial charge on any atom is 0.264 e. The Kier molecular flexibility index (Phi) is 6.32. The van der Waals surface area contributed by atoms with E-state index in [1.54, 1.807) is 16.6 Å². The summed E-state index contributed by atoms with van der Waals surface area (Å²) in [6.45, 7) is 2.91. The summed E-state index contributed by atoms with van der Waals surface area (Å²) >= 11 is 0. The number of benzene rings is 2. The third-order valence-corrected chi connectivity index (χ3v) is 6.85. The SMILES string of the molecule is CC(Oc1ccccc1)c1ccc(C(=O)N2CCC(O)(Cn3cnc4c(cnn4C)c3=O)CC2)cc1. The van der Waals surface area contributed by atoms with E-state index >= 15 is 0 Å². The molecule has 1 fully saturated rings. The first kappa shape index (κ1) is 23.7. The maximum atomic E-state index is 13.1. The van der Waals surface area contributed by atoms with Gasteiger partial charge in [-0.3, -0.25) is 18.8 Å². The minimum atomic E-state index is -1.09. The van der Waals surface area contributed by atoms with Gasteiger partial charge in [-0.05, 0) is 49.6 Å². The number of nitrogens with zero attached hydrogens (tertiary/aromatic N) is 5. The number of carbonyl (C=O) groups excluding carboxylic acids is 1. The molecule has 0 saturated carbocycles. The molecule has 0 spiro atoms. The molecule has 1 atom stereocenters. The second-order valence-electron chi connectivity index (χ2n) is 9.39. The van der Waals surface area contributed by atoms with E-state index < -0.39 is 5.60 Å². The first-order valence-corrected chi connectivity index (χ1v) is 12.0. The third kappa shape index (κ3) is 4.74. The van der Waals surface area contributed by atoms with Gasteiger partial charge in [0.2, 0.25) is 0 Å². The molecule has 1 aliphatic rings. The van der Waals surface area contributed by atoms with Crippen LogP contribution in [0.3, 0.4) is 0 Å². The molecule has 1 N–H and O–H groups in total. The highest BCUT2D eigenvalue weighted by Crippen LogP contribution is 2.26. The summed E-state index contributed by atoms with van der Waals surface area (Å²) in [6, 6.07) is 17.1. The van der Waals surface area contributed by atoms with Crippen molar-refractivity contribution in [2.24, 2.45) is 7.05 Å². The summed E-state index contributed by atoms with van der Waals surface area (Å²) in [7, 11) is 1.73. The minimum Gasteiger partial charge on any atom is -0.486 e. The molecule has 9 heteroatoms. The van der Waals surface area contributed by atoms with Crippen LogP contribution in [-0.2, 0) is 13.6 Å². The van der Waals surface area contributed by atoms with Crippen LogP contribution >= 0.6 is 0 Å². The Morgan fingerprint density at radius 3 is 2.50 bits per heavy atom. The normalized spacial score (nSPS) is 16.1. The van der Waals surface area contributed by atoms with Gasteiger partial charge in [-0.25, -0.2) is 4.98 Å². The lowest BCUT2D eigenvalue weighted by Crippen LogP contribution is -2.49. The summed E-state index contributed by atoms with van der Waals surface area (Å²) in [5, 5.41) is 15.7. The zero-order chi connectivity index (χ0) is 25.3. The van der Waals surface area contributed by atoms with E-state index in [0.29, 0.717) is 42.5 Å². The Labute approximate surface area is 208 Å². The van der Waals surface area contributed by atoms with E-state index in [1.165, 1.54) is 17.1 Å². The molecule has 3 heterocycles. The number of aromatic nitrogens is 4. The number of aryl methyl sites for hydroxylation is 1. The molecule has 186 valence electrons. The van der Waals surface area contributed by atoms with E-state index in [0.717, 1.165) is 11.3 Å². The summed E-state index contributed by atoms with van der Waals surface area (Å²) in [5.41, 5.74) is 0.764. The van der Waals surface area contributed by atoms with Crippen molar-refractivity contribution in [2.45, 2.75) is 38.0 Å². The van der Waals surface area contributed by atoms with Gasteiger partial charge in [0.1, 0.15) is 23.6 Å². The lowest BCUT2D eigenvalue weighted by atomic mass is 9.90. The van der Waals surface area contributed by atoms with Crippen molar-refractivity contribution in [2.75, 3.05) is 13.1 Å². The van der Waals surface area contributed by atoms with Gasteiger partial charge in [0.15, 0.2) is 5.65 Å². The summed E-state index contributed by atoms with van der Waals surface area (Å²) < 4.78 is 8.94. The van der Waals surface area contributed by atoms with Crippen molar-refractivity contribution in [3.63, 3.8) is 0 Å². The fourth-order valence-electron chi connectivity index (χ4n) is 4.63. The van der Waals surface area contributed by atoms with Crippen LogP contribution in [0, 0.1) is 0 Å². The van der Waals surface area contributed by atoms with Crippen molar-refractivity contribution in [3.05, 3.63) is 88.6 Å². The molecule has 4 aromatic rings. The average Bonchev–Trinajstić information content (AvgIpc) is 3.27. The van der Waals surface area contributed by atoms with Crippen molar-refractivity contribution < 1.29 is 14.6 Å². The van der Waals surface area contributed by atoms with E-state index in [4.69, 9.17) is 4.74 Å². The molecule has 0 radical (unpaired) electrons. The van der Waals surface area contributed by atoms with Crippen LogP contribution in [0.4, 0.5) is 0 Å². The van der Waals surface area contributed by atoms with Crippen LogP contribution in [0.2, 0.25) is 0 Å². The predicted octanol–water partition coefficient (Wildman–Crippen LogP) is 2.94. The van der Waals surface area contributed by atoms with Crippen molar-refractivity contribution in [1.82, 2.24) is 24.2 Å². The fraction of sp³-hybridized carbons (Fsp3) is 0.333. The Bertz CT molecular complexity index is 1420. The number of amides is 1. The Morgan fingerprint density at radius 1 is 1.11 bits per heavy atom. The van der Waals surface area contributed by atoms with Gasteiger partial charge < -0.3 is 14.7 Å². The number of piperidine rings is 1. The molecule has 36 heavy (non-hydrogen) atoms. The number of hydrogen-bond acceptors (Lipinski definition) is 6. The van der Waals surface area contributed by atoms with Crippen LogP contribution in [0.1, 0.15) is 41.8 Å². The molecule has 2 aromatic carbocycles.